The minimum Gasteiger partial charge on any atom is -0.394 e. The molecule has 1 saturated heterocycles. The summed E-state index contributed by atoms with van der Waals surface area (Å²) in [4.78, 5) is 10.7. The van der Waals surface area contributed by atoms with Crippen LogP contribution in [-0.2, 0) is 9.53 Å². The average Bonchev–Trinajstić information content (AvgIpc) is 2.18. The highest BCUT2D eigenvalue weighted by Crippen LogP contribution is 2.19. The van der Waals surface area contributed by atoms with Gasteiger partial charge in [-0.25, -0.2) is 0 Å². The molecule has 3 unspecified atom stereocenters. The van der Waals surface area contributed by atoms with Crippen molar-refractivity contribution in [3.63, 3.8) is 0 Å². The first-order chi connectivity index (χ1) is 6.97. The minimum atomic E-state index is -1.45. The van der Waals surface area contributed by atoms with Crippen LogP contribution < -0.4 is 5.32 Å². The molecule has 1 fully saturated rings. The number of hydrogen-bond acceptors (Lipinski definition) is 6. The zero-order valence-electron chi connectivity index (χ0n) is 8.20. The molecular formula is C8H15NO6. The van der Waals surface area contributed by atoms with Gasteiger partial charge in [0.1, 0.15) is 24.4 Å². The van der Waals surface area contributed by atoms with Gasteiger partial charge in [-0.1, -0.05) is 0 Å². The number of hydrogen-bond donors (Lipinski definition) is 5. The number of aliphatic hydroxyl groups is 4. The van der Waals surface area contributed by atoms with Crippen LogP contribution in [0.2, 0.25) is 0 Å². The predicted octanol–water partition coefficient (Wildman–Crippen LogP) is -3.08. The first-order valence-corrected chi connectivity index (χ1v) is 4.55. The molecule has 88 valence electrons. The third-order valence-electron chi connectivity index (χ3n) is 2.27. The van der Waals surface area contributed by atoms with Gasteiger partial charge >= 0.3 is 0 Å². The summed E-state index contributed by atoms with van der Waals surface area (Å²) in [5.41, 5.74) is 0. The maximum atomic E-state index is 10.7. The molecule has 1 rings (SSSR count). The quantitative estimate of drug-likeness (QED) is 0.337. The third kappa shape index (κ3) is 2.64. The van der Waals surface area contributed by atoms with Crippen LogP contribution in [0, 0.1) is 0 Å². The molecule has 15 heavy (non-hydrogen) atoms. The van der Waals surface area contributed by atoms with Crippen LogP contribution in [0.15, 0.2) is 0 Å². The normalized spacial score (nSPS) is 41.3. The van der Waals surface area contributed by atoms with E-state index in [1.54, 1.807) is 0 Å². The Bertz CT molecular complexity index is 235. The molecule has 0 aromatic heterocycles. The van der Waals surface area contributed by atoms with Crippen LogP contribution in [0.25, 0.3) is 0 Å². The standard InChI is InChI=1S/C8H15NO6/c1-3(11)9-5-7(13)6(12)4(2-10)15-8(5)14/h4-8,10,12-14H,2H2,1H3,(H,9,11)/t4?,5?,6-,7?,8-/m0/s1. The molecular weight excluding hydrogens is 206 g/mol. The van der Waals surface area contributed by atoms with Gasteiger partial charge in [-0.05, 0) is 0 Å². The number of aliphatic hydroxyl groups excluding tert-OH is 4. The fourth-order valence-electron chi connectivity index (χ4n) is 1.49. The lowest BCUT2D eigenvalue weighted by atomic mass is 9.97. The van der Waals surface area contributed by atoms with Crippen LogP contribution in [0.3, 0.4) is 0 Å². The Balaban J connectivity index is 2.70. The molecule has 0 spiro atoms. The van der Waals surface area contributed by atoms with Crippen molar-refractivity contribution in [2.75, 3.05) is 6.61 Å². The Labute approximate surface area is 86.3 Å². The Hall–Kier alpha value is -0.730. The highest BCUT2D eigenvalue weighted by molar-refractivity contribution is 5.73. The fourth-order valence-corrected chi connectivity index (χ4v) is 1.49. The Morgan fingerprint density at radius 3 is 2.40 bits per heavy atom. The van der Waals surface area contributed by atoms with E-state index in [0.717, 1.165) is 0 Å². The second-order valence-corrected chi connectivity index (χ2v) is 3.46. The van der Waals surface area contributed by atoms with Gasteiger partial charge in [0.05, 0.1) is 6.61 Å². The second-order valence-electron chi connectivity index (χ2n) is 3.46. The van der Waals surface area contributed by atoms with E-state index in [2.05, 4.69) is 5.32 Å². The summed E-state index contributed by atoms with van der Waals surface area (Å²) in [6.07, 6.45) is -5.24. The summed E-state index contributed by atoms with van der Waals surface area (Å²) < 4.78 is 4.81. The van der Waals surface area contributed by atoms with E-state index < -0.39 is 43.2 Å². The van der Waals surface area contributed by atoms with Crippen molar-refractivity contribution in [3.8, 4) is 0 Å². The van der Waals surface area contributed by atoms with Gasteiger partial charge in [-0.2, -0.15) is 0 Å². The Kier molecular flexibility index (Phi) is 4.00. The van der Waals surface area contributed by atoms with E-state index in [9.17, 15) is 20.1 Å². The molecule has 7 nitrogen and oxygen atoms in total. The highest BCUT2D eigenvalue weighted by atomic mass is 16.6. The van der Waals surface area contributed by atoms with Crippen LogP contribution in [0.5, 0.6) is 0 Å². The van der Waals surface area contributed by atoms with Crippen LogP contribution in [0.1, 0.15) is 6.92 Å². The summed E-state index contributed by atoms with van der Waals surface area (Å²) in [7, 11) is 0. The lowest BCUT2D eigenvalue weighted by molar-refractivity contribution is -0.253. The van der Waals surface area contributed by atoms with Gasteiger partial charge in [-0.15, -0.1) is 0 Å². The van der Waals surface area contributed by atoms with Gasteiger partial charge in [0.25, 0.3) is 0 Å². The number of nitrogens with one attached hydrogen (secondary N) is 1. The van der Waals surface area contributed by atoms with Gasteiger partial charge in [0, 0.05) is 6.92 Å². The number of rotatable bonds is 2. The van der Waals surface area contributed by atoms with E-state index in [1.807, 2.05) is 0 Å². The Morgan fingerprint density at radius 1 is 1.33 bits per heavy atom. The molecule has 5 N–H and O–H groups in total. The SMILES string of the molecule is CC(=O)NC1C(O)[C@@H](O)C(CO)O[C@@H]1O. The zero-order valence-corrected chi connectivity index (χ0v) is 8.20. The lowest BCUT2D eigenvalue weighted by Crippen LogP contribution is -2.63. The molecule has 0 aromatic rings. The van der Waals surface area contributed by atoms with E-state index in [0.29, 0.717) is 0 Å². The number of carbonyl (C=O) groups excluding carboxylic acids is 1. The summed E-state index contributed by atoms with van der Waals surface area (Å²) in [5, 5.41) is 39.4. The van der Waals surface area contributed by atoms with Crippen molar-refractivity contribution in [2.24, 2.45) is 0 Å². The van der Waals surface area contributed by atoms with E-state index in [-0.39, 0.29) is 0 Å². The zero-order chi connectivity index (χ0) is 11.6. The van der Waals surface area contributed by atoms with Gasteiger partial charge in [0.15, 0.2) is 6.29 Å². The maximum absolute atomic E-state index is 10.7. The third-order valence-corrected chi connectivity index (χ3v) is 2.27. The van der Waals surface area contributed by atoms with Crippen molar-refractivity contribution in [1.29, 1.82) is 0 Å². The minimum absolute atomic E-state index is 0.462. The first-order valence-electron chi connectivity index (χ1n) is 4.55. The van der Waals surface area contributed by atoms with Crippen LogP contribution >= 0.6 is 0 Å². The number of ether oxygens (including phenoxy) is 1. The van der Waals surface area contributed by atoms with Crippen LogP contribution in [-0.4, -0.2) is 63.6 Å². The molecule has 0 radical (unpaired) electrons. The number of carbonyl (C=O) groups is 1. The molecule has 1 aliphatic rings. The van der Waals surface area contributed by atoms with Crippen molar-refractivity contribution in [3.05, 3.63) is 0 Å². The smallest absolute Gasteiger partial charge is 0.217 e. The molecule has 0 aliphatic carbocycles. The van der Waals surface area contributed by atoms with Crippen molar-refractivity contribution >= 4 is 5.91 Å². The first kappa shape index (κ1) is 12.3. The summed E-state index contributed by atoms with van der Waals surface area (Å²) >= 11 is 0. The van der Waals surface area contributed by atoms with Crippen molar-refractivity contribution in [2.45, 2.75) is 37.6 Å². The maximum Gasteiger partial charge on any atom is 0.217 e. The molecule has 0 saturated carbocycles. The predicted molar refractivity (Wildman–Crippen MR) is 47.6 cm³/mol. The topological polar surface area (TPSA) is 119 Å². The average molecular weight is 221 g/mol. The van der Waals surface area contributed by atoms with E-state index >= 15 is 0 Å². The number of amides is 1. The fraction of sp³-hybridized carbons (Fsp3) is 0.875. The molecule has 7 heteroatoms. The molecule has 1 heterocycles. The molecule has 5 atom stereocenters. The summed E-state index contributed by atoms with van der Waals surface area (Å²) in [6, 6.07) is -1.10. The highest BCUT2D eigenvalue weighted by Gasteiger charge is 2.43. The Morgan fingerprint density at radius 2 is 1.93 bits per heavy atom. The summed E-state index contributed by atoms with van der Waals surface area (Å²) in [5.74, 6) is -0.462. The monoisotopic (exact) mass is 221 g/mol. The largest absolute Gasteiger partial charge is 0.394 e. The molecule has 1 amide bonds. The van der Waals surface area contributed by atoms with Gasteiger partial charge in [0.2, 0.25) is 5.91 Å². The molecule has 1 aliphatic heterocycles. The lowest BCUT2D eigenvalue weighted by Gasteiger charge is -2.40. The van der Waals surface area contributed by atoms with E-state index in [4.69, 9.17) is 9.84 Å². The van der Waals surface area contributed by atoms with Gasteiger partial charge in [-0.3, -0.25) is 4.79 Å². The van der Waals surface area contributed by atoms with Crippen molar-refractivity contribution < 1.29 is 30.0 Å². The van der Waals surface area contributed by atoms with E-state index in [1.165, 1.54) is 6.92 Å². The van der Waals surface area contributed by atoms with Crippen LogP contribution in [0.4, 0.5) is 0 Å². The van der Waals surface area contributed by atoms with Crippen molar-refractivity contribution in [1.82, 2.24) is 5.32 Å². The van der Waals surface area contributed by atoms with Gasteiger partial charge < -0.3 is 30.5 Å². The summed E-state index contributed by atoms with van der Waals surface area (Å²) in [6.45, 7) is 0.687. The molecule has 0 bridgehead atoms. The molecule has 0 aromatic carbocycles. The second kappa shape index (κ2) is 4.86.